The number of ether oxygens (including phenoxy) is 1. The zero-order chi connectivity index (χ0) is 11.9. The third-order valence-corrected chi connectivity index (χ3v) is 2.77. The summed E-state index contributed by atoms with van der Waals surface area (Å²) in [5, 5.41) is 0. The smallest absolute Gasteiger partial charge is 0.232 e. The number of halogens is 1. The van der Waals surface area contributed by atoms with Crippen LogP contribution in [-0.2, 0) is 10.6 Å². The number of allylic oxidation sites excluding steroid dienone is 2. The number of carbonyl (C=O) groups excluding carboxylic acids is 2. The lowest BCUT2D eigenvalue weighted by molar-refractivity contribution is 0.0904. The molecule has 1 aliphatic carbocycles. The van der Waals surface area contributed by atoms with Crippen LogP contribution < -0.4 is 0 Å². The summed E-state index contributed by atoms with van der Waals surface area (Å²) in [6.45, 7) is 1.67. The maximum Gasteiger partial charge on any atom is 0.232 e. The van der Waals surface area contributed by atoms with Crippen molar-refractivity contribution in [2.24, 2.45) is 0 Å². The van der Waals surface area contributed by atoms with Crippen LogP contribution in [0.1, 0.15) is 32.2 Å². The van der Waals surface area contributed by atoms with Gasteiger partial charge in [0.2, 0.25) is 11.6 Å². The maximum atomic E-state index is 11.9. The molecule has 0 aliphatic heterocycles. The summed E-state index contributed by atoms with van der Waals surface area (Å²) in [5.74, 6) is -0.0349. The Bertz CT molecular complexity index is 510. The highest BCUT2D eigenvalue weighted by Gasteiger charge is 2.33. The third-order valence-electron chi connectivity index (χ3n) is 2.50. The van der Waals surface area contributed by atoms with E-state index in [0.29, 0.717) is 11.3 Å². The first kappa shape index (κ1) is 11.0. The number of methoxy groups -OCH3 is 1. The molecule has 2 rings (SSSR count). The molecular weight excluding hydrogens is 232 g/mol. The molecule has 0 fully saturated rings. The summed E-state index contributed by atoms with van der Waals surface area (Å²) >= 11 is 5.73. The molecule has 16 heavy (non-hydrogen) atoms. The number of ketones is 2. The summed E-state index contributed by atoms with van der Waals surface area (Å²) in [7, 11) is 1.34. The Labute approximate surface area is 96.8 Å². The fourth-order valence-electron chi connectivity index (χ4n) is 1.68. The van der Waals surface area contributed by atoms with E-state index in [9.17, 15) is 9.59 Å². The summed E-state index contributed by atoms with van der Waals surface area (Å²) in [6.07, 6.45) is 1.13. The summed E-state index contributed by atoms with van der Waals surface area (Å²) in [6, 6.07) is 0. The Balaban J connectivity index is 2.66. The van der Waals surface area contributed by atoms with E-state index in [2.05, 4.69) is 0 Å². The Morgan fingerprint density at radius 1 is 1.44 bits per heavy atom. The first-order valence-corrected chi connectivity index (χ1v) is 5.16. The topological polar surface area (TPSA) is 56.5 Å². The van der Waals surface area contributed by atoms with Gasteiger partial charge in [0.1, 0.15) is 5.76 Å². The molecule has 0 saturated carbocycles. The van der Waals surface area contributed by atoms with Gasteiger partial charge in [-0.3, -0.25) is 9.59 Å². The maximum absolute atomic E-state index is 11.9. The first-order valence-electron chi connectivity index (χ1n) is 4.63. The number of hydrogen-bond donors (Lipinski definition) is 0. The van der Waals surface area contributed by atoms with Gasteiger partial charge in [-0.2, -0.15) is 0 Å². The summed E-state index contributed by atoms with van der Waals surface area (Å²) < 4.78 is 10.1. The fraction of sp³-hybridized carbons (Fsp3) is 0.273. The van der Waals surface area contributed by atoms with Crippen molar-refractivity contribution < 1.29 is 18.7 Å². The molecule has 84 valence electrons. The molecule has 1 aromatic heterocycles. The molecule has 0 aromatic carbocycles. The van der Waals surface area contributed by atoms with Gasteiger partial charge in [-0.1, -0.05) is 0 Å². The van der Waals surface area contributed by atoms with Crippen LogP contribution in [0.3, 0.4) is 0 Å². The second kappa shape index (κ2) is 3.79. The van der Waals surface area contributed by atoms with Crippen LogP contribution in [0, 0.1) is 6.92 Å². The number of furan rings is 1. The molecule has 0 N–H and O–H groups in total. The van der Waals surface area contributed by atoms with Gasteiger partial charge >= 0.3 is 0 Å². The summed E-state index contributed by atoms with van der Waals surface area (Å²) in [5.41, 5.74) is 0.787. The quantitative estimate of drug-likeness (QED) is 0.744. The molecule has 4 nitrogen and oxygen atoms in total. The minimum Gasteiger partial charge on any atom is -0.492 e. The van der Waals surface area contributed by atoms with Crippen molar-refractivity contribution >= 4 is 23.2 Å². The Morgan fingerprint density at radius 2 is 2.12 bits per heavy atom. The molecule has 1 aliphatic rings. The standard InChI is InChI=1S/C11H9ClO4/c1-5-6(4-12)9-10(14)8(15-2)3-7(13)11(9)16-5/h3H,4H2,1-2H3. The van der Waals surface area contributed by atoms with Crippen molar-refractivity contribution in [3.05, 3.63) is 34.5 Å². The average Bonchev–Trinajstić information content (AvgIpc) is 2.61. The number of Topliss-reactive ketones (excluding diaryl/α,β-unsaturated/α-hetero) is 1. The highest BCUT2D eigenvalue weighted by Crippen LogP contribution is 2.30. The van der Waals surface area contributed by atoms with Crippen LogP contribution in [0.2, 0.25) is 0 Å². The van der Waals surface area contributed by atoms with Gasteiger partial charge in [0.15, 0.2) is 11.5 Å². The van der Waals surface area contributed by atoms with Crippen molar-refractivity contribution in [2.45, 2.75) is 12.8 Å². The zero-order valence-corrected chi connectivity index (χ0v) is 9.55. The molecule has 0 amide bonds. The highest BCUT2D eigenvalue weighted by molar-refractivity contribution is 6.25. The van der Waals surface area contributed by atoms with Gasteiger partial charge in [-0.25, -0.2) is 0 Å². The van der Waals surface area contributed by atoms with Crippen molar-refractivity contribution in [3.63, 3.8) is 0 Å². The largest absolute Gasteiger partial charge is 0.492 e. The molecule has 0 spiro atoms. The van der Waals surface area contributed by atoms with Crippen LogP contribution in [-0.4, -0.2) is 18.7 Å². The van der Waals surface area contributed by atoms with Crippen molar-refractivity contribution in [2.75, 3.05) is 7.11 Å². The molecule has 5 heteroatoms. The fourth-order valence-corrected chi connectivity index (χ4v) is 2.00. The van der Waals surface area contributed by atoms with E-state index in [1.54, 1.807) is 6.92 Å². The Morgan fingerprint density at radius 3 is 2.69 bits per heavy atom. The predicted molar refractivity (Wildman–Crippen MR) is 56.8 cm³/mol. The summed E-state index contributed by atoms with van der Waals surface area (Å²) in [4.78, 5) is 23.6. The molecule has 1 aromatic rings. The van der Waals surface area contributed by atoms with Crippen LogP contribution >= 0.6 is 11.6 Å². The first-order chi connectivity index (χ1) is 7.60. The molecule has 0 saturated heterocycles. The lowest BCUT2D eigenvalue weighted by atomic mass is 9.97. The van der Waals surface area contributed by atoms with Gasteiger partial charge in [0.05, 0.1) is 18.6 Å². The van der Waals surface area contributed by atoms with Crippen molar-refractivity contribution in [1.29, 1.82) is 0 Å². The average molecular weight is 241 g/mol. The molecule has 1 heterocycles. The molecule has 0 radical (unpaired) electrons. The van der Waals surface area contributed by atoms with E-state index in [4.69, 9.17) is 20.8 Å². The van der Waals surface area contributed by atoms with Gasteiger partial charge in [0, 0.05) is 11.6 Å². The van der Waals surface area contributed by atoms with Gasteiger partial charge in [-0.15, -0.1) is 11.6 Å². The number of alkyl halides is 1. The van der Waals surface area contributed by atoms with Crippen LogP contribution in [0.4, 0.5) is 0 Å². The molecule has 0 atom stereocenters. The van der Waals surface area contributed by atoms with E-state index in [1.807, 2.05) is 0 Å². The normalized spacial score (nSPS) is 14.8. The molecule has 0 bridgehead atoms. The zero-order valence-electron chi connectivity index (χ0n) is 8.80. The lowest BCUT2D eigenvalue weighted by Crippen LogP contribution is -2.17. The lowest BCUT2D eigenvalue weighted by Gasteiger charge is -2.09. The highest BCUT2D eigenvalue weighted by atomic mass is 35.5. The van der Waals surface area contributed by atoms with E-state index in [1.165, 1.54) is 7.11 Å². The number of carbonyl (C=O) groups is 2. The van der Waals surface area contributed by atoms with Crippen LogP contribution in [0.5, 0.6) is 0 Å². The molecular formula is C11H9ClO4. The van der Waals surface area contributed by atoms with Crippen LogP contribution in [0.25, 0.3) is 0 Å². The van der Waals surface area contributed by atoms with Crippen molar-refractivity contribution in [3.8, 4) is 0 Å². The van der Waals surface area contributed by atoms with E-state index < -0.39 is 0 Å². The third kappa shape index (κ3) is 1.38. The van der Waals surface area contributed by atoms with Gasteiger partial charge in [-0.05, 0) is 6.92 Å². The Kier molecular flexibility index (Phi) is 2.59. The second-order valence-corrected chi connectivity index (χ2v) is 3.65. The van der Waals surface area contributed by atoms with Gasteiger partial charge < -0.3 is 9.15 Å². The number of rotatable bonds is 2. The molecule has 0 unspecified atom stereocenters. The number of aryl methyl sites for hydroxylation is 1. The van der Waals surface area contributed by atoms with Crippen LogP contribution in [0.15, 0.2) is 16.3 Å². The number of hydrogen-bond acceptors (Lipinski definition) is 4. The minimum absolute atomic E-state index is 0.0182. The van der Waals surface area contributed by atoms with Crippen molar-refractivity contribution in [1.82, 2.24) is 0 Å². The van der Waals surface area contributed by atoms with E-state index in [0.717, 1.165) is 6.08 Å². The second-order valence-electron chi connectivity index (χ2n) is 3.38. The monoisotopic (exact) mass is 240 g/mol. The number of fused-ring (bicyclic) bond motifs is 1. The van der Waals surface area contributed by atoms with E-state index in [-0.39, 0.29) is 34.5 Å². The SMILES string of the molecule is COC1=CC(=O)c2oc(C)c(CCl)c2C1=O. The van der Waals surface area contributed by atoms with E-state index >= 15 is 0 Å². The Hall–Kier alpha value is -1.55. The minimum atomic E-state index is -0.370. The predicted octanol–water partition coefficient (Wildman–Crippen LogP) is 2.24. The van der Waals surface area contributed by atoms with Gasteiger partial charge in [0.25, 0.3) is 0 Å².